The van der Waals surface area contributed by atoms with E-state index in [1.807, 2.05) is 0 Å². The van der Waals surface area contributed by atoms with Crippen LogP contribution in [0.4, 0.5) is 14.5 Å². The van der Waals surface area contributed by atoms with Gasteiger partial charge in [-0.1, -0.05) is 6.92 Å². The minimum Gasteiger partial charge on any atom is -0.398 e. The maximum Gasteiger partial charge on any atom is 0.256 e. The van der Waals surface area contributed by atoms with E-state index in [0.717, 1.165) is 38.2 Å². The molecule has 1 fully saturated rings. The lowest BCUT2D eigenvalue weighted by Crippen LogP contribution is -2.48. The van der Waals surface area contributed by atoms with Crippen LogP contribution in [-0.2, 0) is 0 Å². The zero-order valence-electron chi connectivity index (χ0n) is 11.5. The third kappa shape index (κ3) is 3.07. The molecule has 1 aliphatic heterocycles. The van der Waals surface area contributed by atoms with Gasteiger partial charge in [0.15, 0.2) is 11.6 Å². The topological polar surface area (TPSA) is 49.6 Å². The summed E-state index contributed by atoms with van der Waals surface area (Å²) in [7, 11) is 0. The van der Waals surface area contributed by atoms with E-state index in [0.29, 0.717) is 13.1 Å². The maximum atomic E-state index is 13.2. The van der Waals surface area contributed by atoms with Crippen LogP contribution in [0.5, 0.6) is 0 Å². The summed E-state index contributed by atoms with van der Waals surface area (Å²) in [6.07, 6.45) is 1.07. The minimum absolute atomic E-state index is 0.0233. The van der Waals surface area contributed by atoms with Gasteiger partial charge in [-0.2, -0.15) is 0 Å². The third-order valence-corrected chi connectivity index (χ3v) is 3.52. The number of anilines is 1. The number of benzene rings is 1. The van der Waals surface area contributed by atoms with Gasteiger partial charge in [0, 0.05) is 37.9 Å². The Morgan fingerprint density at radius 2 is 1.80 bits per heavy atom. The molecule has 0 atom stereocenters. The van der Waals surface area contributed by atoms with E-state index in [9.17, 15) is 13.6 Å². The summed E-state index contributed by atoms with van der Waals surface area (Å²) >= 11 is 0. The Kier molecular flexibility index (Phi) is 4.54. The van der Waals surface area contributed by atoms with Crippen LogP contribution >= 0.6 is 0 Å². The number of nitrogens with zero attached hydrogens (tertiary/aromatic N) is 2. The molecular formula is C14H19F2N3O. The van der Waals surface area contributed by atoms with Gasteiger partial charge >= 0.3 is 0 Å². The molecule has 1 heterocycles. The second-order valence-electron chi connectivity index (χ2n) is 4.99. The Morgan fingerprint density at radius 1 is 1.20 bits per heavy atom. The first-order valence-corrected chi connectivity index (χ1v) is 6.79. The van der Waals surface area contributed by atoms with Crippen LogP contribution < -0.4 is 5.73 Å². The zero-order valence-corrected chi connectivity index (χ0v) is 11.5. The molecule has 20 heavy (non-hydrogen) atoms. The van der Waals surface area contributed by atoms with Crippen LogP contribution in [0.2, 0.25) is 0 Å². The van der Waals surface area contributed by atoms with Crippen LogP contribution in [0.3, 0.4) is 0 Å². The number of hydrogen-bond acceptors (Lipinski definition) is 3. The summed E-state index contributed by atoms with van der Waals surface area (Å²) in [6, 6.07) is 1.74. The summed E-state index contributed by atoms with van der Waals surface area (Å²) in [5.74, 6) is -2.42. The van der Waals surface area contributed by atoms with Crippen LogP contribution in [-0.4, -0.2) is 48.4 Å². The molecule has 0 spiro atoms. The van der Waals surface area contributed by atoms with Crippen LogP contribution in [0.15, 0.2) is 12.1 Å². The normalized spacial score (nSPS) is 16.4. The van der Waals surface area contributed by atoms with Crippen molar-refractivity contribution in [1.82, 2.24) is 9.80 Å². The first-order valence-electron chi connectivity index (χ1n) is 6.79. The SMILES string of the molecule is CCCN1CCN(C(=O)c2cc(F)c(F)cc2N)CC1. The number of rotatable bonds is 3. The Morgan fingerprint density at radius 3 is 2.40 bits per heavy atom. The third-order valence-electron chi connectivity index (χ3n) is 3.52. The summed E-state index contributed by atoms with van der Waals surface area (Å²) in [6.45, 7) is 5.87. The second kappa shape index (κ2) is 6.17. The van der Waals surface area contributed by atoms with Gasteiger partial charge in [0.25, 0.3) is 5.91 Å². The summed E-state index contributed by atoms with van der Waals surface area (Å²) < 4.78 is 26.3. The molecular weight excluding hydrogens is 264 g/mol. The molecule has 0 unspecified atom stereocenters. The highest BCUT2D eigenvalue weighted by Crippen LogP contribution is 2.19. The van der Waals surface area contributed by atoms with E-state index >= 15 is 0 Å². The number of carbonyl (C=O) groups is 1. The fourth-order valence-electron chi connectivity index (χ4n) is 2.41. The molecule has 2 N–H and O–H groups in total. The van der Waals surface area contributed by atoms with Gasteiger partial charge in [-0.15, -0.1) is 0 Å². The van der Waals surface area contributed by atoms with Crippen molar-refractivity contribution in [3.05, 3.63) is 29.3 Å². The Labute approximate surface area is 117 Å². The number of amides is 1. The van der Waals surface area contributed by atoms with Gasteiger partial charge in [0.2, 0.25) is 0 Å². The van der Waals surface area contributed by atoms with Crippen LogP contribution in [0.1, 0.15) is 23.7 Å². The van der Waals surface area contributed by atoms with Crippen molar-refractivity contribution in [3.63, 3.8) is 0 Å². The second-order valence-corrected chi connectivity index (χ2v) is 4.99. The van der Waals surface area contributed by atoms with Crippen LogP contribution in [0.25, 0.3) is 0 Å². The standard InChI is InChI=1S/C14H19F2N3O/c1-2-3-18-4-6-19(7-5-18)14(20)10-8-11(15)12(16)9-13(10)17/h8-9H,2-7,17H2,1H3. The summed E-state index contributed by atoms with van der Waals surface area (Å²) in [5.41, 5.74) is 5.62. The number of piperazine rings is 1. The number of halogens is 2. The van der Waals surface area contributed by atoms with Gasteiger partial charge in [-0.25, -0.2) is 8.78 Å². The fourth-order valence-corrected chi connectivity index (χ4v) is 2.41. The largest absolute Gasteiger partial charge is 0.398 e. The van der Waals surface area contributed by atoms with Crippen LogP contribution in [0, 0.1) is 11.6 Å². The minimum atomic E-state index is -1.05. The first kappa shape index (κ1) is 14.7. The highest BCUT2D eigenvalue weighted by molar-refractivity contribution is 5.99. The molecule has 110 valence electrons. The molecule has 1 saturated heterocycles. The van der Waals surface area contributed by atoms with Crippen molar-refractivity contribution in [1.29, 1.82) is 0 Å². The molecule has 1 aromatic carbocycles. The molecule has 6 heteroatoms. The van der Waals surface area contributed by atoms with E-state index in [1.54, 1.807) is 4.90 Å². The Hall–Kier alpha value is -1.69. The van der Waals surface area contributed by atoms with Crippen molar-refractivity contribution < 1.29 is 13.6 Å². The zero-order chi connectivity index (χ0) is 14.7. The van der Waals surface area contributed by atoms with E-state index in [-0.39, 0.29) is 17.2 Å². The van der Waals surface area contributed by atoms with Gasteiger partial charge in [0.1, 0.15) is 0 Å². The summed E-state index contributed by atoms with van der Waals surface area (Å²) in [4.78, 5) is 16.2. The molecule has 0 saturated carbocycles. The average Bonchev–Trinajstić information content (AvgIpc) is 2.43. The quantitative estimate of drug-likeness (QED) is 0.859. The van der Waals surface area contributed by atoms with E-state index in [1.165, 1.54) is 0 Å². The first-order chi connectivity index (χ1) is 9.52. The predicted octanol–water partition coefficient (Wildman–Crippen LogP) is 1.71. The van der Waals surface area contributed by atoms with Gasteiger partial charge in [0.05, 0.1) is 5.56 Å². The van der Waals surface area contributed by atoms with E-state index in [2.05, 4.69) is 11.8 Å². The highest BCUT2D eigenvalue weighted by Gasteiger charge is 2.24. The van der Waals surface area contributed by atoms with Crippen molar-refractivity contribution >= 4 is 11.6 Å². The number of carbonyl (C=O) groups excluding carboxylic acids is 1. The molecule has 0 aromatic heterocycles. The molecule has 1 aliphatic rings. The molecule has 0 bridgehead atoms. The number of nitrogen functional groups attached to an aromatic ring is 1. The molecule has 1 amide bonds. The smallest absolute Gasteiger partial charge is 0.256 e. The van der Waals surface area contributed by atoms with Gasteiger partial charge in [-0.05, 0) is 19.0 Å². The lowest BCUT2D eigenvalue weighted by molar-refractivity contribution is 0.0638. The highest BCUT2D eigenvalue weighted by atomic mass is 19.2. The van der Waals surface area contributed by atoms with E-state index < -0.39 is 11.6 Å². The predicted molar refractivity (Wildman–Crippen MR) is 73.4 cm³/mol. The Bertz CT molecular complexity index is 499. The van der Waals surface area contributed by atoms with E-state index in [4.69, 9.17) is 5.73 Å². The number of nitrogens with two attached hydrogens (primary N) is 1. The van der Waals surface area contributed by atoms with Crippen molar-refractivity contribution in [2.75, 3.05) is 38.5 Å². The molecule has 4 nitrogen and oxygen atoms in total. The van der Waals surface area contributed by atoms with Gasteiger partial charge in [-0.3, -0.25) is 9.69 Å². The lowest BCUT2D eigenvalue weighted by Gasteiger charge is -2.34. The molecule has 0 aliphatic carbocycles. The molecule has 1 aromatic rings. The monoisotopic (exact) mass is 283 g/mol. The van der Waals surface area contributed by atoms with Crippen molar-refractivity contribution in [3.8, 4) is 0 Å². The maximum absolute atomic E-state index is 13.2. The van der Waals surface area contributed by atoms with Gasteiger partial charge < -0.3 is 10.6 Å². The van der Waals surface area contributed by atoms with Crippen molar-refractivity contribution in [2.45, 2.75) is 13.3 Å². The fraction of sp³-hybridized carbons (Fsp3) is 0.500. The lowest BCUT2D eigenvalue weighted by atomic mass is 10.1. The Balaban J connectivity index is 2.07. The molecule has 2 rings (SSSR count). The summed E-state index contributed by atoms with van der Waals surface area (Å²) in [5, 5.41) is 0. The average molecular weight is 283 g/mol. The molecule has 0 radical (unpaired) electrons. The number of hydrogen-bond donors (Lipinski definition) is 1. The van der Waals surface area contributed by atoms with Crippen molar-refractivity contribution in [2.24, 2.45) is 0 Å².